The maximum Gasteiger partial charge on any atom is 0.278 e. The van der Waals surface area contributed by atoms with Gasteiger partial charge in [0.05, 0.1) is 0 Å². The molecular weight excluding hydrogens is 388 g/mol. The van der Waals surface area contributed by atoms with Crippen LogP contribution in [0.1, 0.15) is 34.8 Å². The monoisotopic (exact) mass is 412 g/mol. The summed E-state index contributed by atoms with van der Waals surface area (Å²) in [6.07, 6.45) is 2.48. The van der Waals surface area contributed by atoms with E-state index < -0.39 is 0 Å². The van der Waals surface area contributed by atoms with Gasteiger partial charge in [-0.1, -0.05) is 43.3 Å². The molecule has 156 valence electrons. The Morgan fingerprint density at radius 2 is 1.81 bits per heavy atom. The van der Waals surface area contributed by atoms with E-state index in [0.717, 1.165) is 17.5 Å². The molecule has 2 aromatic heterocycles. The Hall–Kier alpha value is -3.80. The lowest BCUT2D eigenvalue weighted by Crippen LogP contribution is -2.24. The van der Waals surface area contributed by atoms with Crippen molar-refractivity contribution in [2.75, 3.05) is 0 Å². The molecule has 6 heteroatoms. The number of fused-ring (bicyclic) bond motifs is 1. The molecule has 1 N–H and O–H groups in total. The summed E-state index contributed by atoms with van der Waals surface area (Å²) < 4.78 is 1.67. The number of amides is 1. The van der Waals surface area contributed by atoms with Gasteiger partial charge in [0.25, 0.3) is 11.5 Å². The van der Waals surface area contributed by atoms with Crippen molar-refractivity contribution < 1.29 is 4.79 Å². The van der Waals surface area contributed by atoms with Crippen LogP contribution in [0.15, 0.2) is 71.7 Å². The molecule has 0 aliphatic heterocycles. The first kappa shape index (κ1) is 20.5. The van der Waals surface area contributed by atoms with Crippen LogP contribution in [0.2, 0.25) is 0 Å². The van der Waals surface area contributed by atoms with E-state index in [9.17, 15) is 9.59 Å². The highest BCUT2D eigenvalue weighted by atomic mass is 16.1. The number of benzene rings is 2. The highest BCUT2D eigenvalue weighted by Gasteiger charge is 2.14. The number of aromatic nitrogens is 3. The Kier molecular flexibility index (Phi) is 5.89. The molecule has 0 aliphatic carbocycles. The van der Waals surface area contributed by atoms with Crippen molar-refractivity contribution in [2.45, 2.75) is 33.4 Å². The number of rotatable bonds is 6. The van der Waals surface area contributed by atoms with E-state index in [0.29, 0.717) is 41.1 Å². The number of hydrogen-bond acceptors (Lipinski definition) is 4. The van der Waals surface area contributed by atoms with Crippen LogP contribution < -0.4 is 10.9 Å². The number of hydrogen-bond donors (Lipinski definition) is 1. The number of aryl methyl sites for hydroxylation is 2. The smallest absolute Gasteiger partial charge is 0.278 e. The zero-order chi connectivity index (χ0) is 21.8. The van der Waals surface area contributed by atoms with Crippen LogP contribution in [0.4, 0.5) is 0 Å². The Morgan fingerprint density at radius 1 is 1.03 bits per heavy atom. The van der Waals surface area contributed by atoms with E-state index in [-0.39, 0.29) is 11.5 Å². The Morgan fingerprint density at radius 3 is 2.55 bits per heavy atom. The summed E-state index contributed by atoms with van der Waals surface area (Å²) in [5, 5.41) is 2.95. The van der Waals surface area contributed by atoms with Gasteiger partial charge in [0, 0.05) is 30.4 Å². The van der Waals surface area contributed by atoms with Crippen LogP contribution in [-0.4, -0.2) is 20.4 Å². The van der Waals surface area contributed by atoms with Gasteiger partial charge in [-0.3, -0.25) is 14.2 Å². The Balaban J connectivity index is 1.60. The third-order valence-corrected chi connectivity index (χ3v) is 5.27. The SMILES string of the molecule is CCCn1c(=O)c(-c2ccc(C(=O)NCc3ccccc3C)cc2)nc2cccnc21. The van der Waals surface area contributed by atoms with E-state index >= 15 is 0 Å². The normalized spacial score (nSPS) is 10.9. The lowest BCUT2D eigenvalue weighted by atomic mass is 10.1. The summed E-state index contributed by atoms with van der Waals surface area (Å²) in [6, 6.07) is 18.6. The van der Waals surface area contributed by atoms with Crippen molar-refractivity contribution in [3.05, 3.63) is 93.9 Å². The van der Waals surface area contributed by atoms with E-state index in [1.54, 1.807) is 35.0 Å². The molecule has 0 saturated heterocycles. The van der Waals surface area contributed by atoms with Gasteiger partial charge < -0.3 is 5.32 Å². The third-order valence-electron chi connectivity index (χ3n) is 5.27. The second-order valence-electron chi connectivity index (χ2n) is 7.45. The van der Waals surface area contributed by atoms with Crippen LogP contribution in [0.3, 0.4) is 0 Å². The lowest BCUT2D eigenvalue weighted by molar-refractivity contribution is 0.0951. The minimum atomic E-state index is -0.176. The molecule has 0 spiro atoms. The van der Waals surface area contributed by atoms with E-state index in [1.807, 2.05) is 50.2 Å². The van der Waals surface area contributed by atoms with Crippen LogP contribution in [0.25, 0.3) is 22.4 Å². The van der Waals surface area contributed by atoms with Gasteiger partial charge >= 0.3 is 0 Å². The molecular formula is C25H24N4O2. The first-order valence-corrected chi connectivity index (χ1v) is 10.4. The Bertz CT molecular complexity index is 1290. The van der Waals surface area contributed by atoms with Crippen molar-refractivity contribution in [3.63, 3.8) is 0 Å². The third kappa shape index (κ3) is 4.23. The quantitative estimate of drug-likeness (QED) is 0.517. The molecule has 0 radical (unpaired) electrons. The first-order valence-electron chi connectivity index (χ1n) is 10.4. The summed E-state index contributed by atoms with van der Waals surface area (Å²) in [5.74, 6) is -0.158. The lowest BCUT2D eigenvalue weighted by Gasteiger charge is -2.11. The second kappa shape index (κ2) is 8.92. The van der Waals surface area contributed by atoms with Crippen molar-refractivity contribution in [3.8, 4) is 11.3 Å². The van der Waals surface area contributed by atoms with Crippen molar-refractivity contribution in [1.29, 1.82) is 0 Å². The van der Waals surface area contributed by atoms with E-state index in [2.05, 4.69) is 15.3 Å². The van der Waals surface area contributed by atoms with Crippen LogP contribution in [0.5, 0.6) is 0 Å². The van der Waals surface area contributed by atoms with E-state index in [1.165, 1.54) is 0 Å². The topological polar surface area (TPSA) is 76.9 Å². The molecule has 2 aromatic carbocycles. The summed E-state index contributed by atoms with van der Waals surface area (Å²) in [6.45, 7) is 5.08. The molecule has 0 aliphatic rings. The van der Waals surface area contributed by atoms with Crippen LogP contribution in [0, 0.1) is 6.92 Å². The standard InChI is InChI=1S/C25H24N4O2/c1-3-15-29-23-21(9-6-14-26-23)28-22(25(29)31)18-10-12-19(13-11-18)24(30)27-16-20-8-5-4-7-17(20)2/h4-14H,3,15-16H2,1-2H3,(H,27,30). The maximum atomic E-state index is 13.1. The van der Waals surface area contributed by atoms with Crippen LogP contribution >= 0.6 is 0 Å². The molecule has 4 aromatic rings. The predicted molar refractivity (Wildman–Crippen MR) is 122 cm³/mol. The fourth-order valence-corrected chi connectivity index (χ4v) is 3.56. The average molecular weight is 412 g/mol. The van der Waals surface area contributed by atoms with Crippen molar-refractivity contribution in [2.24, 2.45) is 0 Å². The predicted octanol–water partition coefficient (Wildman–Crippen LogP) is 4.11. The summed E-state index contributed by atoms with van der Waals surface area (Å²) in [7, 11) is 0. The molecule has 6 nitrogen and oxygen atoms in total. The zero-order valence-electron chi connectivity index (χ0n) is 17.6. The largest absolute Gasteiger partial charge is 0.348 e. The molecule has 0 atom stereocenters. The number of pyridine rings is 1. The number of carbonyl (C=O) groups excluding carboxylic acids is 1. The van der Waals surface area contributed by atoms with Gasteiger partial charge in [0.15, 0.2) is 5.65 Å². The molecule has 0 bridgehead atoms. The summed E-state index contributed by atoms with van der Waals surface area (Å²) >= 11 is 0. The number of carbonyl (C=O) groups is 1. The molecule has 0 unspecified atom stereocenters. The zero-order valence-corrected chi connectivity index (χ0v) is 17.6. The molecule has 4 rings (SSSR count). The summed E-state index contributed by atoms with van der Waals surface area (Å²) in [5.41, 5.74) is 4.88. The molecule has 0 saturated carbocycles. The van der Waals surface area contributed by atoms with Crippen LogP contribution in [-0.2, 0) is 13.1 Å². The van der Waals surface area contributed by atoms with Gasteiger partial charge in [0.2, 0.25) is 0 Å². The number of nitrogens with one attached hydrogen (secondary N) is 1. The van der Waals surface area contributed by atoms with Gasteiger partial charge in [-0.2, -0.15) is 0 Å². The molecule has 0 fully saturated rings. The van der Waals surface area contributed by atoms with Gasteiger partial charge in [-0.25, -0.2) is 9.97 Å². The summed E-state index contributed by atoms with van der Waals surface area (Å²) in [4.78, 5) is 34.5. The minimum Gasteiger partial charge on any atom is -0.348 e. The Labute approximate surface area is 180 Å². The molecule has 2 heterocycles. The van der Waals surface area contributed by atoms with Gasteiger partial charge in [-0.15, -0.1) is 0 Å². The first-order chi connectivity index (χ1) is 15.1. The average Bonchev–Trinajstić information content (AvgIpc) is 2.80. The van der Waals surface area contributed by atoms with Gasteiger partial charge in [-0.05, 0) is 48.7 Å². The van der Waals surface area contributed by atoms with Crippen molar-refractivity contribution in [1.82, 2.24) is 19.9 Å². The second-order valence-corrected chi connectivity index (χ2v) is 7.45. The van der Waals surface area contributed by atoms with E-state index in [4.69, 9.17) is 0 Å². The number of nitrogens with zero attached hydrogens (tertiary/aromatic N) is 3. The highest BCUT2D eigenvalue weighted by molar-refractivity contribution is 5.94. The maximum absolute atomic E-state index is 13.1. The minimum absolute atomic E-state index is 0.158. The molecule has 1 amide bonds. The van der Waals surface area contributed by atoms with Crippen molar-refractivity contribution >= 4 is 17.1 Å². The fraction of sp³-hybridized carbons (Fsp3) is 0.200. The fourth-order valence-electron chi connectivity index (χ4n) is 3.56. The molecule has 31 heavy (non-hydrogen) atoms. The highest BCUT2D eigenvalue weighted by Crippen LogP contribution is 2.18. The van der Waals surface area contributed by atoms with Gasteiger partial charge in [0.1, 0.15) is 11.2 Å².